The number of amides is 1. The van der Waals surface area contributed by atoms with Crippen LogP contribution in [0.1, 0.15) is 23.1 Å². The van der Waals surface area contributed by atoms with Crippen molar-refractivity contribution in [2.75, 3.05) is 11.3 Å². The van der Waals surface area contributed by atoms with Gasteiger partial charge in [0.1, 0.15) is 5.69 Å². The minimum Gasteiger partial charge on any atom is -0.477 e. The molecular weight excluding hydrogens is 446 g/mol. The number of alkyl halides is 2. The van der Waals surface area contributed by atoms with Crippen molar-refractivity contribution >= 4 is 21.6 Å². The number of pyridine rings is 2. The topological polar surface area (TPSA) is 136 Å². The number of rotatable bonds is 9. The van der Waals surface area contributed by atoms with Gasteiger partial charge in [0.2, 0.25) is 5.88 Å². The number of hydrogen-bond donors (Lipinski definition) is 2. The van der Waals surface area contributed by atoms with Crippen molar-refractivity contribution in [3.8, 4) is 17.1 Å². The van der Waals surface area contributed by atoms with Gasteiger partial charge in [-0.2, -0.15) is 8.78 Å². The molecule has 3 rings (SSSR count). The van der Waals surface area contributed by atoms with Gasteiger partial charge in [0.25, 0.3) is 15.9 Å². The van der Waals surface area contributed by atoms with Crippen LogP contribution in [0.2, 0.25) is 0 Å². The standard InChI is InChI=1S/C19H18F2N6O4S/c1-2-31-17-11-22-10-16(26-17)12-3-4-15(24-8-12)18(28)25-9-14-7-13(5-6-23-14)27-32(29,30)19(20)21/h3-8,10-11,19H,2,9H2,1H3,(H,23,27)(H,25,28). The Balaban J connectivity index is 1.63. The van der Waals surface area contributed by atoms with Crippen molar-refractivity contribution in [2.24, 2.45) is 0 Å². The number of nitrogens with one attached hydrogen (secondary N) is 2. The zero-order valence-electron chi connectivity index (χ0n) is 16.7. The van der Waals surface area contributed by atoms with Crippen molar-refractivity contribution in [3.63, 3.8) is 0 Å². The van der Waals surface area contributed by atoms with Crippen LogP contribution in [0.25, 0.3) is 11.3 Å². The van der Waals surface area contributed by atoms with Crippen molar-refractivity contribution in [3.05, 3.63) is 60.4 Å². The Morgan fingerprint density at radius 3 is 2.66 bits per heavy atom. The van der Waals surface area contributed by atoms with Crippen molar-refractivity contribution in [1.82, 2.24) is 25.3 Å². The molecule has 3 heterocycles. The summed E-state index contributed by atoms with van der Waals surface area (Å²) in [5.41, 5.74) is 1.45. The zero-order chi connectivity index (χ0) is 23.1. The van der Waals surface area contributed by atoms with E-state index in [1.807, 2.05) is 6.92 Å². The van der Waals surface area contributed by atoms with Crippen molar-refractivity contribution < 1.29 is 26.7 Å². The maximum Gasteiger partial charge on any atom is 0.355 e. The van der Waals surface area contributed by atoms with E-state index < -0.39 is 21.7 Å². The SMILES string of the molecule is CCOc1cncc(-c2ccc(C(=O)NCc3cc(NS(=O)(=O)C(F)F)ccn3)nc2)n1. The Hall–Kier alpha value is -3.74. The van der Waals surface area contributed by atoms with E-state index >= 15 is 0 Å². The molecule has 3 aromatic rings. The molecule has 1 amide bonds. The Morgan fingerprint density at radius 1 is 1.16 bits per heavy atom. The molecule has 168 valence electrons. The average molecular weight is 464 g/mol. The maximum atomic E-state index is 12.5. The number of sulfonamides is 1. The Kier molecular flexibility index (Phi) is 7.20. The average Bonchev–Trinajstić information content (AvgIpc) is 2.78. The zero-order valence-corrected chi connectivity index (χ0v) is 17.5. The van der Waals surface area contributed by atoms with Crippen LogP contribution in [-0.2, 0) is 16.6 Å². The third kappa shape index (κ3) is 5.91. The van der Waals surface area contributed by atoms with Gasteiger partial charge in [0.05, 0.1) is 42.6 Å². The summed E-state index contributed by atoms with van der Waals surface area (Å²) in [6.45, 7) is 2.21. The fourth-order valence-electron chi connectivity index (χ4n) is 2.49. The molecule has 0 fully saturated rings. The van der Waals surface area contributed by atoms with Gasteiger partial charge in [-0.25, -0.2) is 13.4 Å². The van der Waals surface area contributed by atoms with Gasteiger partial charge in [0.15, 0.2) is 0 Å². The number of carbonyl (C=O) groups is 1. The van der Waals surface area contributed by atoms with Crippen LogP contribution in [0.15, 0.2) is 49.1 Å². The van der Waals surface area contributed by atoms with Crippen molar-refractivity contribution in [2.45, 2.75) is 19.2 Å². The third-order valence-electron chi connectivity index (χ3n) is 3.94. The van der Waals surface area contributed by atoms with Crippen molar-refractivity contribution in [1.29, 1.82) is 0 Å². The number of hydrogen-bond acceptors (Lipinski definition) is 8. The van der Waals surface area contributed by atoms with Crippen LogP contribution >= 0.6 is 0 Å². The van der Waals surface area contributed by atoms with Gasteiger partial charge < -0.3 is 10.1 Å². The summed E-state index contributed by atoms with van der Waals surface area (Å²) in [5.74, 6) is -3.70. The fourth-order valence-corrected chi connectivity index (χ4v) is 3.04. The lowest BCUT2D eigenvalue weighted by Crippen LogP contribution is -2.24. The van der Waals surface area contributed by atoms with E-state index in [1.165, 1.54) is 36.8 Å². The number of anilines is 1. The highest BCUT2D eigenvalue weighted by Gasteiger charge is 2.23. The summed E-state index contributed by atoms with van der Waals surface area (Å²) in [5, 5.41) is 2.58. The fraction of sp³-hybridized carbons (Fsp3) is 0.211. The molecule has 32 heavy (non-hydrogen) atoms. The first-order chi connectivity index (χ1) is 15.3. The second kappa shape index (κ2) is 10.0. The van der Waals surface area contributed by atoms with Crippen LogP contribution < -0.4 is 14.8 Å². The molecule has 0 aliphatic carbocycles. The van der Waals surface area contributed by atoms with Gasteiger partial charge in [-0.15, -0.1) is 0 Å². The second-order valence-electron chi connectivity index (χ2n) is 6.23. The van der Waals surface area contributed by atoms with E-state index in [0.29, 0.717) is 23.7 Å². The number of nitrogens with zero attached hydrogens (tertiary/aromatic N) is 4. The van der Waals surface area contributed by atoms with E-state index in [2.05, 4.69) is 25.3 Å². The van der Waals surface area contributed by atoms with E-state index in [4.69, 9.17) is 4.74 Å². The van der Waals surface area contributed by atoms with Crippen LogP contribution in [0, 0.1) is 0 Å². The summed E-state index contributed by atoms with van der Waals surface area (Å²) >= 11 is 0. The third-order valence-corrected chi connectivity index (χ3v) is 4.93. The van der Waals surface area contributed by atoms with Gasteiger partial charge in [0, 0.05) is 18.0 Å². The summed E-state index contributed by atoms with van der Waals surface area (Å²) < 4.78 is 54.6. The summed E-state index contributed by atoms with van der Waals surface area (Å²) in [6.07, 6.45) is 5.73. The molecule has 0 aliphatic heterocycles. The largest absolute Gasteiger partial charge is 0.477 e. The quantitative estimate of drug-likeness (QED) is 0.492. The molecule has 0 aromatic carbocycles. The maximum absolute atomic E-state index is 12.5. The number of halogens is 2. The highest BCUT2D eigenvalue weighted by molar-refractivity contribution is 7.93. The Labute approximate surface area is 182 Å². The molecule has 0 unspecified atom stereocenters. The lowest BCUT2D eigenvalue weighted by Gasteiger charge is -2.09. The Morgan fingerprint density at radius 2 is 1.97 bits per heavy atom. The molecule has 0 bridgehead atoms. The van der Waals surface area contributed by atoms with E-state index in [1.54, 1.807) is 17.0 Å². The second-order valence-corrected chi connectivity index (χ2v) is 7.88. The molecule has 0 spiro atoms. The molecule has 0 saturated heterocycles. The van der Waals surface area contributed by atoms with Gasteiger partial charge >= 0.3 is 5.76 Å². The molecule has 0 radical (unpaired) electrons. The van der Waals surface area contributed by atoms with Crippen LogP contribution in [0.5, 0.6) is 5.88 Å². The lowest BCUT2D eigenvalue weighted by molar-refractivity contribution is 0.0945. The summed E-state index contributed by atoms with van der Waals surface area (Å²) in [7, 11) is -4.80. The first-order valence-corrected chi connectivity index (χ1v) is 10.8. The van der Waals surface area contributed by atoms with E-state index in [0.717, 1.165) is 0 Å². The molecule has 0 atom stereocenters. The number of ether oxygens (including phenoxy) is 1. The molecule has 0 saturated carbocycles. The lowest BCUT2D eigenvalue weighted by atomic mass is 10.2. The molecule has 13 heteroatoms. The number of aromatic nitrogens is 4. The minimum absolute atomic E-state index is 0.0750. The van der Waals surface area contributed by atoms with Crippen LogP contribution in [0.3, 0.4) is 0 Å². The predicted octanol–water partition coefficient (Wildman–Crippen LogP) is 2.23. The first-order valence-electron chi connectivity index (χ1n) is 9.22. The van der Waals surface area contributed by atoms with E-state index in [-0.39, 0.29) is 23.6 Å². The predicted molar refractivity (Wildman–Crippen MR) is 110 cm³/mol. The minimum atomic E-state index is -4.80. The summed E-state index contributed by atoms with van der Waals surface area (Å²) in [6, 6.07) is 5.61. The Bertz CT molecular complexity index is 1190. The highest BCUT2D eigenvalue weighted by Crippen LogP contribution is 2.18. The summed E-state index contributed by atoms with van der Waals surface area (Å²) in [4.78, 5) is 28.8. The smallest absolute Gasteiger partial charge is 0.355 e. The number of carbonyl (C=O) groups excluding carboxylic acids is 1. The van der Waals surface area contributed by atoms with Crippen LogP contribution in [0.4, 0.5) is 14.5 Å². The molecule has 2 N–H and O–H groups in total. The monoisotopic (exact) mass is 464 g/mol. The first kappa shape index (κ1) is 22.9. The molecule has 3 aromatic heterocycles. The van der Waals surface area contributed by atoms with E-state index in [9.17, 15) is 22.0 Å². The van der Waals surface area contributed by atoms with Gasteiger partial charge in [-0.3, -0.25) is 24.5 Å². The molecule has 10 nitrogen and oxygen atoms in total. The van der Waals surface area contributed by atoms with Gasteiger partial charge in [-0.1, -0.05) is 0 Å². The highest BCUT2D eigenvalue weighted by atomic mass is 32.2. The van der Waals surface area contributed by atoms with Gasteiger partial charge in [-0.05, 0) is 31.2 Å². The molecular formula is C19H18F2N6O4S. The molecule has 0 aliphatic rings. The normalized spacial score (nSPS) is 11.2. The van der Waals surface area contributed by atoms with Crippen LogP contribution in [-0.4, -0.2) is 46.6 Å².